The van der Waals surface area contributed by atoms with E-state index in [-0.39, 0.29) is 63.1 Å². The lowest BCUT2D eigenvalue weighted by molar-refractivity contribution is -0.123. The Kier molecular flexibility index (Phi) is 23.1. The highest BCUT2D eigenvalue weighted by Crippen LogP contribution is 2.52. The maximum atomic E-state index is 16.0. The second-order valence-corrected chi connectivity index (χ2v) is 25.4. The normalized spacial score (nSPS) is 21.0. The average Bonchev–Trinajstić information content (AvgIpc) is 1.57. The Morgan fingerprint density at radius 2 is 1.68 bits per heavy atom. The van der Waals surface area contributed by atoms with Crippen molar-refractivity contribution >= 4 is 57.7 Å². The van der Waals surface area contributed by atoms with Crippen molar-refractivity contribution in [1.82, 2.24) is 35.0 Å². The Morgan fingerprint density at radius 1 is 0.943 bits per heavy atom. The number of nitrogens with one attached hydrogen (secondary N) is 1. The maximum Gasteiger partial charge on any atom is 0.318 e. The van der Waals surface area contributed by atoms with Gasteiger partial charge in [-0.3, -0.25) is 24.3 Å². The third-order valence-electron chi connectivity index (χ3n) is 19.5. The number of aromatic hydroxyl groups is 1. The van der Waals surface area contributed by atoms with Gasteiger partial charge in [-0.15, -0.1) is 6.42 Å². The number of carbonyl (C=O) groups excluding carboxylic acids is 4. The first-order valence-corrected chi connectivity index (χ1v) is 31.7. The monoisotopic (exact) mass is 1200 g/mol. The van der Waals surface area contributed by atoms with Gasteiger partial charge in [0.15, 0.2) is 5.82 Å². The Labute approximate surface area is 514 Å². The predicted octanol–water partition coefficient (Wildman–Crippen LogP) is 11.2. The molecule has 1 aliphatic carbocycles. The second-order valence-electron chi connectivity index (χ2n) is 25.4. The van der Waals surface area contributed by atoms with Crippen LogP contribution in [0.15, 0.2) is 48.7 Å². The molecule has 0 bridgehead atoms. The Hall–Kier alpha value is -6.81. The van der Waals surface area contributed by atoms with Gasteiger partial charge >= 0.3 is 6.01 Å². The van der Waals surface area contributed by atoms with E-state index >= 15 is 4.39 Å². The summed E-state index contributed by atoms with van der Waals surface area (Å²) in [7, 11) is 6.75. The number of ether oxygens (including phenoxy) is 2. The summed E-state index contributed by atoms with van der Waals surface area (Å²) in [4.78, 5) is 68.8. The van der Waals surface area contributed by atoms with Gasteiger partial charge in [0, 0.05) is 107 Å². The lowest BCUT2D eigenvalue weighted by atomic mass is 9.59. The smallest absolute Gasteiger partial charge is 0.318 e. The molecule has 2 aromatic heterocycles. The van der Waals surface area contributed by atoms with E-state index < -0.39 is 11.6 Å². The summed E-state index contributed by atoms with van der Waals surface area (Å²) < 4.78 is 41.0. The van der Waals surface area contributed by atoms with Crippen molar-refractivity contribution in [3.8, 4) is 35.4 Å². The van der Waals surface area contributed by atoms with Crippen LogP contribution >= 0.6 is 0 Å². The number of hydrogen-bond donors (Lipinski definition) is 2. The van der Waals surface area contributed by atoms with Crippen LogP contribution in [-0.4, -0.2) is 158 Å². The number of methoxy groups -OCH3 is 2. The van der Waals surface area contributed by atoms with Crippen LogP contribution < -0.4 is 19.9 Å². The van der Waals surface area contributed by atoms with Crippen molar-refractivity contribution in [2.45, 2.75) is 155 Å². The van der Waals surface area contributed by atoms with Gasteiger partial charge in [0.2, 0.25) is 18.2 Å². The fourth-order valence-electron chi connectivity index (χ4n) is 14.0. The van der Waals surface area contributed by atoms with Crippen LogP contribution in [0.1, 0.15) is 147 Å². The van der Waals surface area contributed by atoms with Gasteiger partial charge in [-0.05, 0) is 174 Å². The number of benzene rings is 3. The molecule has 470 valence electrons. The third kappa shape index (κ3) is 15.7. The maximum absolute atomic E-state index is 16.0. The number of phenolic OH excluding ortho intramolecular Hbond substituents is 1. The number of aldehydes is 1. The zero-order chi connectivity index (χ0) is 62.5. The highest BCUT2D eigenvalue weighted by atomic mass is 19.1. The molecule has 5 aromatic rings. The fraction of sp³-hybridized carbons (Fsp3) is 0.580. The molecule has 5 saturated heterocycles. The van der Waals surface area contributed by atoms with Crippen LogP contribution in [0, 0.1) is 54.1 Å². The minimum atomic E-state index is -0.733. The largest absolute Gasteiger partial charge is 0.508 e. The molecule has 3 aromatic carbocycles. The molecule has 5 aliphatic heterocycles. The predicted molar refractivity (Wildman–Crippen MR) is 340 cm³/mol. The molecule has 18 heteroatoms. The minimum Gasteiger partial charge on any atom is -0.508 e. The van der Waals surface area contributed by atoms with Crippen molar-refractivity contribution in [2.75, 3.05) is 90.5 Å². The van der Waals surface area contributed by atoms with Gasteiger partial charge in [-0.1, -0.05) is 51.8 Å². The van der Waals surface area contributed by atoms with Gasteiger partial charge in [0.1, 0.15) is 34.9 Å². The minimum absolute atomic E-state index is 0.00250. The van der Waals surface area contributed by atoms with Gasteiger partial charge in [-0.2, -0.15) is 9.97 Å². The Morgan fingerprint density at radius 3 is 2.33 bits per heavy atom. The van der Waals surface area contributed by atoms with Crippen molar-refractivity contribution in [3.05, 3.63) is 77.0 Å². The molecule has 16 nitrogen and oxygen atoms in total. The first kappa shape index (κ1) is 66.1. The van der Waals surface area contributed by atoms with Gasteiger partial charge in [0.25, 0.3) is 0 Å². The molecule has 7 heterocycles. The average molecular weight is 1200 g/mol. The molecular formula is C69H93F2N9O7. The molecule has 87 heavy (non-hydrogen) atoms. The van der Waals surface area contributed by atoms with E-state index in [1.54, 1.807) is 14.0 Å². The number of rotatable bonds is 15. The number of terminal acetylenes is 1. The first-order chi connectivity index (χ1) is 41.9. The third-order valence-corrected chi connectivity index (χ3v) is 19.5. The van der Waals surface area contributed by atoms with Crippen molar-refractivity contribution in [2.24, 2.45) is 23.2 Å². The highest BCUT2D eigenvalue weighted by Gasteiger charge is 2.48. The SMILES string of the molecule is C#Cc1c(F)ccc2cc(O)cc(-c3ncc4c(N5CCCC(C)C5)nc(OC)nc4c3F)c12.CCC(C)C(=O)N(C)c1cc(C2CCN(C3CC4(CCN(C=O)CC4)C3)CC2)ccc1C.CNC(=O)CCC(C)C=O.COCC1CCC2CCCN21. The number of halogens is 2. The van der Waals surface area contributed by atoms with E-state index in [2.05, 4.69) is 79.9 Å². The zero-order valence-corrected chi connectivity index (χ0v) is 52.9. The van der Waals surface area contributed by atoms with Crippen LogP contribution in [0.5, 0.6) is 11.8 Å². The number of pyridine rings is 1. The van der Waals surface area contributed by atoms with E-state index in [1.807, 2.05) is 30.9 Å². The number of amides is 3. The van der Waals surface area contributed by atoms with Crippen LogP contribution in [0.4, 0.5) is 20.3 Å². The molecule has 3 amide bonds. The molecule has 2 N–H and O–H groups in total. The topological polar surface area (TPSA) is 174 Å². The lowest BCUT2D eigenvalue weighted by Gasteiger charge is -2.56. The van der Waals surface area contributed by atoms with Crippen molar-refractivity contribution < 1.29 is 42.5 Å². The number of aromatic nitrogens is 3. The van der Waals surface area contributed by atoms with Crippen LogP contribution in [-0.2, 0) is 23.9 Å². The molecule has 6 aliphatic rings. The fourth-order valence-corrected chi connectivity index (χ4v) is 14.0. The summed E-state index contributed by atoms with van der Waals surface area (Å²) in [6.07, 6.45) is 26.1. The van der Waals surface area contributed by atoms with E-state index in [0.717, 1.165) is 88.6 Å². The zero-order valence-electron chi connectivity index (χ0n) is 52.9. The van der Waals surface area contributed by atoms with Crippen molar-refractivity contribution in [1.29, 1.82) is 0 Å². The molecule has 0 radical (unpaired) electrons. The number of piperidine rings is 3. The molecule has 11 rings (SSSR count). The Balaban J connectivity index is 0.000000170. The van der Waals surface area contributed by atoms with Gasteiger partial charge in [-0.25, -0.2) is 8.78 Å². The van der Waals surface area contributed by atoms with E-state index in [9.17, 15) is 28.7 Å². The number of likely N-dealkylation sites (tertiary alicyclic amines) is 2. The molecule has 5 unspecified atom stereocenters. The molecule has 6 fully saturated rings. The standard InChI is InChI=1S/C27H41N3O2.C26H22F2N4O2.C9H17NO.C7H13NO2/c1-5-20(2)26(32)28(4)25-16-23(7-6-21(25)3)22-8-12-30(13-9-22)24-17-27(18-24)10-14-29(19-31)15-11-27;1-4-17-20(27)8-7-15-10-16(33)11-18(21(15)17)23-22(28)24-19(12-29-23)25(31-26(30-24)34-3)32-9-5-6-14(2)13-32;1-11-7-9-5-4-8-3-2-6-10(8)9;1-6(5-9)3-4-7(10)8-2/h6-7,16,19-20,22,24H,5,8-15,17-18H2,1-4H3;1,7-8,10-12,14,33H,5-6,9,13H2,2-3H3;8-9H,2-7H2,1H3;5-6H,3-4H2,1-2H3,(H,8,10). The Bertz CT molecular complexity index is 3220. The van der Waals surface area contributed by atoms with E-state index in [4.69, 9.17) is 15.9 Å². The van der Waals surface area contributed by atoms with E-state index in [1.165, 1.54) is 133 Å². The van der Waals surface area contributed by atoms with Crippen molar-refractivity contribution in [3.63, 3.8) is 0 Å². The summed E-state index contributed by atoms with van der Waals surface area (Å²) >= 11 is 0. The quantitative estimate of drug-likeness (QED) is 0.0749. The second kappa shape index (κ2) is 30.4. The number of phenols is 1. The van der Waals surface area contributed by atoms with E-state index in [0.29, 0.717) is 46.7 Å². The summed E-state index contributed by atoms with van der Waals surface area (Å²) in [6, 6.07) is 14.6. The number of aryl methyl sites for hydroxylation is 1. The first-order valence-electron chi connectivity index (χ1n) is 31.7. The molecule has 1 saturated carbocycles. The highest BCUT2D eigenvalue weighted by molar-refractivity contribution is 6.03. The van der Waals surface area contributed by atoms with Crippen LogP contribution in [0.3, 0.4) is 0 Å². The van der Waals surface area contributed by atoms with Crippen LogP contribution in [0.2, 0.25) is 0 Å². The number of carbonyl (C=O) groups is 4. The number of nitrogens with zero attached hydrogens (tertiary/aromatic N) is 8. The summed E-state index contributed by atoms with van der Waals surface area (Å²) in [6.45, 7) is 18.2. The van der Waals surface area contributed by atoms with Gasteiger partial charge < -0.3 is 44.3 Å². The summed E-state index contributed by atoms with van der Waals surface area (Å²) in [5, 5.41) is 14.0. The molecular weight excluding hydrogens is 1100 g/mol. The lowest BCUT2D eigenvalue weighted by Crippen LogP contribution is -2.56. The molecule has 5 atom stereocenters. The molecule has 1 spiro atoms. The number of fused-ring (bicyclic) bond motifs is 3. The summed E-state index contributed by atoms with van der Waals surface area (Å²) in [5.41, 5.74) is 4.21. The number of hydrogen-bond acceptors (Lipinski definition) is 13. The van der Waals surface area contributed by atoms with Gasteiger partial charge in [0.05, 0.1) is 24.7 Å². The van der Waals surface area contributed by atoms with Crippen LogP contribution in [0.25, 0.3) is 32.9 Å². The summed E-state index contributed by atoms with van der Waals surface area (Å²) in [5.74, 6) is 2.74. The number of anilines is 2.